The van der Waals surface area contributed by atoms with E-state index >= 15 is 0 Å². The third-order valence-electron chi connectivity index (χ3n) is 1.61. The van der Waals surface area contributed by atoms with Gasteiger partial charge in [-0.2, -0.15) is 10.1 Å². The predicted molar refractivity (Wildman–Crippen MR) is 53.6 cm³/mol. The number of aryl methyl sites for hydroxylation is 1. The van der Waals surface area contributed by atoms with E-state index in [4.69, 9.17) is 5.73 Å². The van der Waals surface area contributed by atoms with Gasteiger partial charge in [0, 0.05) is 24.6 Å². The molecule has 2 rings (SSSR count). The van der Waals surface area contributed by atoms with Crippen LogP contribution < -0.4 is 5.73 Å². The van der Waals surface area contributed by atoms with E-state index in [0.29, 0.717) is 11.1 Å². The van der Waals surface area contributed by atoms with Gasteiger partial charge in [-0.15, -0.1) is 5.10 Å². The lowest BCUT2D eigenvalue weighted by molar-refractivity contribution is 0.767. The summed E-state index contributed by atoms with van der Waals surface area (Å²) in [5.41, 5.74) is 6.53. The van der Waals surface area contributed by atoms with E-state index in [1.807, 2.05) is 19.4 Å². The van der Waals surface area contributed by atoms with Crippen LogP contribution in [0.3, 0.4) is 0 Å². The third-order valence-corrected chi connectivity index (χ3v) is 2.53. The van der Waals surface area contributed by atoms with E-state index in [1.54, 1.807) is 4.68 Å². The molecule has 6 nitrogen and oxygen atoms in total. The van der Waals surface area contributed by atoms with Crippen LogP contribution in [0.25, 0.3) is 0 Å². The second kappa shape index (κ2) is 3.70. The van der Waals surface area contributed by atoms with Crippen LogP contribution in [-0.4, -0.2) is 25.0 Å². The molecule has 0 spiro atoms. The maximum Gasteiger partial charge on any atom is 0.216 e. The van der Waals surface area contributed by atoms with E-state index in [2.05, 4.69) is 20.3 Å². The second-order valence-corrected chi connectivity index (χ2v) is 3.76. The Kier molecular flexibility index (Phi) is 2.40. The first-order chi connectivity index (χ1) is 6.74. The van der Waals surface area contributed by atoms with E-state index in [1.165, 1.54) is 11.8 Å². The molecule has 2 aromatic rings. The van der Waals surface area contributed by atoms with Crippen molar-refractivity contribution in [1.29, 1.82) is 0 Å². The molecule has 7 heteroatoms. The van der Waals surface area contributed by atoms with Crippen LogP contribution in [-0.2, 0) is 12.8 Å². The number of anilines is 1. The Hall–Kier alpha value is -1.50. The molecular weight excluding hydrogens is 200 g/mol. The Bertz CT molecular complexity index is 379. The van der Waals surface area contributed by atoms with Crippen LogP contribution in [0, 0.1) is 0 Å². The van der Waals surface area contributed by atoms with Gasteiger partial charge in [0.1, 0.15) is 0 Å². The highest BCUT2D eigenvalue weighted by molar-refractivity contribution is 7.98. The van der Waals surface area contributed by atoms with Crippen molar-refractivity contribution in [3.05, 3.63) is 18.0 Å². The number of hydrogen-bond donors (Lipinski definition) is 2. The lowest BCUT2D eigenvalue weighted by Crippen LogP contribution is -1.85. The van der Waals surface area contributed by atoms with Gasteiger partial charge < -0.3 is 5.73 Å². The van der Waals surface area contributed by atoms with Gasteiger partial charge in [0.15, 0.2) is 0 Å². The summed E-state index contributed by atoms with van der Waals surface area (Å²) in [4.78, 5) is 3.98. The lowest BCUT2D eigenvalue weighted by atomic mass is 10.4. The summed E-state index contributed by atoms with van der Waals surface area (Å²) in [5, 5.41) is 11.2. The molecule has 3 N–H and O–H groups in total. The number of aromatic amines is 1. The molecule has 0 radical (unpaired) electrons. The van der Waals surface area contributed by atoms with Crippen molar-refractivity contribution in [1.82, 2.24) is 25.0 Å². The van der Waals surface area contributed by atoms with Gasteiger partial charge in [-0.25, -0.2) is 5.10 Å². The molecule has 0 bridgehead atoms. The van der Waals surface area contributed by atoms with Gasteiger partial charge >= 0.3 is 0 Å². The molecule has 0 amide bonds. The van der Waals surface area contributed by atoms with E-state index in [9.17, 15) is 0 Å². The molecule has 0 saturated heterocycles. The average molecular weight is 210 g/mol. The number of H-pyrrole nitrogens is 1. The van der Waals surface area contributed by atoms with Crippen molar-refractivity contribution in [2.75, 3.05) is 5.73 Å². The van der Waals surface area contributed by atoms with Gasteiger partial charge in [-0.1, -0.05) is 11.8 Å². The van der Waals surface area contributed by atoms with Gasteiger partial charge in [-0.3, -0.25) is 4.68 Å². The topological polar surface area (TPSA) is 85.4 Å². The maximum atomic E-state index is 5.39. The van der Waals surface area contributed by atoms with Crippen LogP contribution in [0.1, 0.15) is 5.56 Å². The highest BCUT2D eigenvalue weighted by Crippen LogP contribution is 2.18. The van der Waals surface area contributed by atoms with E-state index < -0.39 is 0 Å². The smallest absolute Gasteiger partial charge is 0.216 e. The quantitative estimate of drug-likeness (QED) is 0.717. The summed E-state index contributed by atoms with van der Waals surface area (Å²) in [7, 11) is 1.89. The number of rotatable bonds is 3. The molecule has 14 heavy (non-hydrogen) atoms. The summed E-state index contributed by atoms with van der Waals surface area (Å²) in [6, 6.07) is 0. The standard InChI is InChI=1S/C7H10N6S/c1-13-3-5(2-9-13)4-14-7-10-6(8)11-12-7/h2-3H,4H2,1H3,(H3,8,10,11,12). The Morgan fingerprint density at radius 1 is 1.64 bits per heavy atom. The van der Waals surface area contributed by atoms with Crippen molar-refractivity contribution in [3.63, 3.8) is 0 Å². The number of nitrogens with one attached hydrogen (secondary N) is 1. The largest absolute Gasteiger partial charge is 0.368 e. The maximum absolute atomic E-state index is 5.39. The van der Waals surface area contributed by atoms with Crippen molar-refractivity contribution < 1.29 is 0 Å². The first-order valence-electron chi connectivity index (χ1n) is 4.02. The molecule has 0 aliphatic heterocycles. The Labute approximate surface area is 84.9 Å². The van der Waals surface area contributed by atoms with Crippen LogP contribution in [0.2, 0.25) is 0 Å². The molecule has 2 aromatic heterocycles. The molecule has 0 unspecified atom stereocenters. The number of aromatic nitrogens is 5. The zero-order chi connectivity index (χ0) is 9.97. The summed E-state index contributed by atoms with van der Waals surface area (Å²) < 4.78 is 1.77. The van der Waals surface area contributed by atoms with Gasteiger partial charge in [0.2, 0.25) is 11.1 Å². The SMILES string of the molecule is Cn1cc(CSc2n[nH]c(N)n2)cn1. The molecule has 0 aliphatic carbocycles. The van der Waals surface area contributed by atoms with Crippen LogP contribution in [0.5, 0.6) is 0 Å². The predicted octanol–water partition coefficient (Wildman–Crippen LogP) is 0.413. The number of nitrogens with zero attached hydrogens (tertiary/aromatic N) is 4. The van der Waals surface area contributed by atoms with Crippen molar-refractivity contribution >= 4 is 17.7 Å². The number of nitrogens with two attached hydrogens (primary N) is 1. The summed E-state index contributed by atoms with van der Waals surface area (Å²) in [6.07, 6.45) is 3.78. The minimum absolute atomic E-state index is 0.346. The zero-order valence-corrected chi connectivity index (χ0v) is 8.45. The Morgan fingerprint density at radius 3 is 3.07 bits per heavy atom. The van der Waals surface area contributed by atoms with Gasteiger partial charge in [-0.05, 0) is 0 Å². The summed E-state index contributed by atoms with van der Waals surface area (Å²) in [5.74, 6) is 1.14. The molecule has 0 aromatic carbocycles. The first-order valence-corrected chi connectivity index (χ1v) is 5.01. The molecule has 0 fully saturated rings. The molecule has 0 saturated carbocycles. The van der Waals surface area contributed by atoms with Crippen LogP contribution in [0.15, 0.2) is 17.6 Å². The molecule has 0 atom stereocenters. The normalized spacial score (nSPS) is 10.6. The molecule has 2 heterocycles. The highest BCUT2D eigenvalue weighted by atomic mass is 32.2. The van der Waals surface area contributed by atoms with Gasteiger partial charge in [0.05, 0.1) is 6.20 Å². The molecular formula is C7H10N6S. The fourth-order valence-electron chi connectivity index (χ4n) is 1.02. The Morgan fingerprint density at radius 2 is 2.50 bits per heavy atom. The average Bonchev–Trinajstić information content (AvgIpc) is 2.72. The third kappa shape index (κ3) is 2.05. The van der Waals surface area contributed by atoms with E-state index in [-0.39, 0.29) is 0 Å². The van der Waals surface area contributed by atoms with Gasteiger partial charge in [0.25, 0.3) is 0 Å². The fraction of sp³-hybridized carbons (Fsp3) is 0.286. The fourth-order valence-corrected chi connectivity index (χ4v) is 1.73. The highest BCUT2D eigenvalue weighted by Gasteiger charge is 2.02. The van der Waals surface area contributed by atoms with E-state index in [0.717, 1.165) is 11.3 Å². The summed E-state index contributed by atoms with van der Waals surface area (Å²) >= 11 is 1.52. The number of thioether (sulfide) groups is 1. The Balaban J connectivity index is 1.94. The number of nitrogen functional groups attached to an aromatic ring is 1. The lowest BCUT2D eigenvalue weighted by Gasteiger charge is -1.91. The van der Waals surface area contributed by atoms with Crippen molar-refractivity contribution in [3.8, 4) is 0 Å². The second-order valence-electron chi connectivity index (χ2n) is 2.81. The molecule has 74 valence electrons. The molecule has 0 aliphatic rings. The van der Waals surface area contributed by atoms with Crippen LogP contribution in [0.4, 0.5) is 5.95 Å². The van der Waals surface area contributed by atoms with Crippen molar-refractivity contribution in [2.45, 2.75) is 10.9 Å². The minimum atomic E-state index is 0.346. The number of hydrogen-bond acceptors (Lipinski definition) is 5. The minimum Gasteiger partial charge on any atom is -0.368 e. The summed E-state index contributed by atoms with van der Waals surface area (Å²) in [6.45, 7) is 0. The zero-order valence-electron chi connectivity index (χ0n) is 7.64. The van der Waals surface area contributed by atoms with Crippen LogP contribution >= 0.6 is 11.8 Å². The first kappa shape index (κ1) is 9.07. The monoisotopic (exact) mass is 210 g/mol. The van der Waals surface area contributed by atoms with Crippen molar-refractivity contribution in [2.24, 2.45) is 7.05 Å².